The minimum atomic E-state index is 0.500. The van der Waals surface area contributed by atoms with Crippen molar-refractivity contribution in [3.05, 3.63) is 0 Å². The van der Waals surface area contributed by atoms with E-state index in [1.54, 1.807) is 0 Å². The van der Waals surface area contributed by atoms with E-state index in [1.807, 2.05) is 0 Å². The summed E-state index contributed by atoms with van der Waals surface area (Å²) >= 11 is 0. The van der Waals surface area contributed by atoms with Gasteiger partial charge in [0.05, 0.1) is 6.61 Å². The smallest absolute Gasteiger partial charge is 0.0506 e. The van der Waals surface area contributed by atoms with Gasteiger partial charge in [0.1, 0.15) is 0 Å². The third-order valence-electron chi connectivity index (χ3n) is 2.15. The van der Waals surface area contributed by atoms with Gasteiger partial charge >= 0.3 is 0 Å². The van der Waals surface area contributed by atoms with E-state index >= 15 is 0 Å². The van der Waals surface area contributed by atoms with Crippen molar-refractivity contribution in [3.8, 4) is 0 Å². The second kappa shape index (κ2) is 9.96. The Morgan fingerprint density at radius 2 is 2.00 bits per heavy atom. The molecule has 0 aromatic rings. The second-order valence-corrected chi connectivity index (χ2v) is 3.46. The minimum absolute atomic E-state index is 0.500. The number of hydrogen-bond donors (Lipinski definition) is 2. The standard InChI is InChI=1S/C10H24N2O/c1-2-3-7-13-9-10(8-12)5-4-6-11/h10H,2-9,11-12H2,1H3. The van der Waals surface area contributed by atoms with E-state index in [9.17, 15) is 0 Å². The Bertz CT molecular complexity index is 98.9. The summed E-state index contributed by atoms with van der Waals surface area (Å²) in [6.45, 7) is 5.31. The molecular formula is C10H24N2O. The van der Waals surface area contributed by atoms with Crippen LogP contribution in [0.3, 0.4) is 0 Å². The molecule has 0 aliphatic rings. The Kier molecular flexibility index (Phi) is 9.87. The van der Waals surface area contributed by atoms with Crippen molar-refractivity contribution in [1.82, 2.24) is 0 Å². The highest BCUT2D eigenvalue weighted by Crippen LogP contribution is 2.04. The Balaban J connectivity index is 3.25. The van der Waals surface area contributed by atoms with Crippen LogP contribution >= 0.6 is 0 Å². The summed E-state index contributed by atoms with van der Waals surface area (Å²) in [5.41, 5.74) is 11.0. The van der Waals surface area contributed by atoms with E-state index in [1.165, 1.54) is 6.42 Å². The lowest BCUT2D eigenvalue weighted by molar-refractivity contribution is 0.0960. The van der Waals surface area contributed by atoms with Crippen LogP contribution in [0.15, 0.2) is 0 Å². The summed E-state index contributed by atoms with van der Waals surface area (Å²) < 4.78 is 5.50. The van der Waals surface area contributed by atoms with E-state index in [0.717, 1.165) is 39.0 Å². The molecule has 1 unspecified atom stereocenters. The van der Waals surface area contributed by atoms with Crippen LogP contribution in [0.2, 0.25) is 0 Å². The quantitative estimate of drug-likeness (QED) is 0.533. The monoisotopic (exact) mass is 188 g/mol. The van der Waals surface area contributed by atoms with Crippen LogP contribution in [0.1, 0.15) is 32.6 Å². The lowest BCUT2D eigenvalue weighted by atomic mass is 10.1. The van der Waals surface area contributed by atoms with E-state index in [2.05, 4.69) is 6.92 Å². The lowest BCUT2D eigenvalue weighted by Gasteiger charge is -2.14. The molecule has 0 saturated heterocycles. The lowest BCUT2D eigenvalue weighted by Crippen LogP contribution is -2.21. The van der Waals surface area contributed by atoms with E-state index in [0.29, 0.717) is 12.5 Å². The third-order valence-corrected chi connectivity index (χ3v) is 2.15. The molecule has 0 saturated carbocycles. The van der Waals surface area contributed by atoms with Gasteiger partial charge in [0, 0.05) is 6.61 Å². The number of rotatable bonds is 9. The van der Waals surface area contributed by atoms with Crippen LogP contribution < -0.4 is 11.5 Å². The molecule has 3 heteroatoms. The average Bonchev–Trinajstić information content (AvgIpc) is 2.17. The van der Waals surface area contributed by atoms with Gasteiger partial charge in [0.15, 0.2) is 0 Å². The first-order valence-corrected chi connectivity index (χ1v) is 5.33. The molecule has 0 aliphatic carbocycles. The molecule has 4 N–H and O–H groups in total. The Morgan fingerprint density at radius 1 is 1.23 bits per heavy atom. The maximum absolute atomic E-state index is 5.61. The van der Waals surface area contributed by atoms with Gasteiger partial charge in [-0.05, 0) is 38.3 Å². The normalized spacial score (nSPS) is 13.2. The van der Waals surface area contributed by atoms with Crippen molar-refractivity contribution in [3.63, 3.8) is 0 Å². The molecule has 0 aliphatic heterocycles. The molecule has 1 atom stereocenters. The van der Waals surface area contributed by atoms with Crippen molar-refractivity contribution < 1.29 is 4.74 Å². The van der Waals surface area contributed by atoms with Gasteiger partial charge in [-0.1, -0.05) is 13.3 Å². The van der Waals surface area contributed by atoms with Crippen LogP contribution in [-0.4, -0.2) is 26.3 Å². The highest BCUT2D eigenvalue weighted by molar-refractivity contribution is 4.59. The zero-order valence-corrected chi connectivity index (χ0v) is 8.80. The first-order chi connectivity index (χ1) is 6.35. The van der Waals surface area contributed by atoms with Crippen molar-refractivity contribution in [2.24, 2.45) is 17.4 Å². The van der Waals surface area contributed by atoms with Crippen LogP contribution in [0.5, 0.6) is 0 Å². The van der Waals surface area contributed by atoms with E-state index < -0.39 is 0 Å². The molecule has 0 rings (SSSR count). The zero-order valence-electron chi connectivity index (χ0n) is 8.80. The fourth-order valence-corrected chi connectivity index (χ4v) is 1.17. The molecule has 0 spiro atoms. The molecule has 3 nitrogen and oxygen atoms in total. The minimum Gasteiger partial charge on any atom is -0.381 e. The molecule has 0 heterocycles. The highest BCUT2D eigenvalue weighted by atomic mass is 16.5. The molecule has 0 amide bonds. The van der Waals surface area contributed by atoms with E-state index in [4.69, 9.17) is 16.2 Å². The molecule has 0 fully saturated rings. The van der Waals surface area contributed by atoms with Gasteiger partial charge in [-0.3, -0.25) is 0 Å². The number of unbranched alkanes of at least 4 members (excludes halogenated alkanes) is 1. The van der Waals surface area contributed by atoms with Gasteiger partial charge < -0.3 is 16.2 Å². The summed E-state index contributed by atoms with van der Waals surface area (Å²) in [4.78, 5) is 0. The number of hydrogen-bond acceptors (Lipinski definition) is 3. The topological polar surface area (TPSA) is 61.3 Å². The highest BCUT2D eigenvalue weighted by Gasteiger charge is 2.05. The Morgan fingerprint density at radius 3 is 2.54 bits per heavy atom. The predicted molar refractivity (Wildman–Crippen MR) is 56.6 cm³/mol. The number of ether oxygens (including phenoxy) is 1. The van der Waals surface area contributed by atoms with Crippen LogP contribution in [-0.2, 0) is 4.74 Å². The molecule has 0 aromatic carbocycles. The largest absolute Gasteiger partial charge is 0.381 e. The predicted octanol–water partition coefficient (Wildman–Crippen LogP) is 1.12. The van der Waals surface area contributed by atoms with E-state index in [-0.39, 0.29) is 0 Å². The van der Waals surface area contributed by atoms with Crippen molar-refractivity contribution in [1.29, 1.82) is 0 Å². The number of nitrogens with two attached hydrogens (primary N) is 2. The maximum atomic E-state index is 5.61. The fourth-order valence-electron chi connectivity index (χ4n) is 1.17. The first-order valence-electron chi connectivity index (χ1n) is 5.33. The Labute approximate surface area is 81.8 Å². The molecular weight excluding hydrogens is 164 g/mol. The summed E-state index contributed by atoms with van der Waals surface area (Å²) in [5, 5.41) is 0. The van der Waals surface area contributed by atoms with Crippen molar-refractivity contribution in [2.45, 2.75) is 32.6 Å². The molecule has 0 aromatic heterocycles. The van der Waals surface area contributed by atoms with Gasteiger partial charge in [-0.15, -0.1) is 0 Å². The second-order valence-electron chi connectivity index (χ2n) is 3.46. The Hall–Kier alpha value is -0.120. The molecule has 0 radical (unpaired) electrons. The zero-order chi connectivity index (χ0) is 9.94. The average molecular weight is 188 g/mol. The summed E-state index contributed by atoms with van der Waals surface area (Å²) in [5.74, 6) is 0.500. The van der Waals surface area contributed by atoms with Crippen LogP contribution in [0.4, 0.5) is 0 Å². The summed E-state index contributed by atoms with van der Waals surface area (Å²) in [6, 6.07) is 0. The van der Waals surface area contributed by atoms with Gasteiger partial charge in [0.25, 0.3) is 0 Å². The first kappa shape index (κ1) is 12.9. The third kappa shape index (κ3) is 8.22. The molecule has 80 valence electrons. The van der Waals surface area contributed by atoms with Crippen LogP contribution in [0.25, 0.3) is 0 Å². The SMILES string of the molecule is CCCCOCC(CN)CCCN. The van der Waals surface area contributed by atoms with Gasteiger partial charge in [0.2, 0.25) is 0 Å². The molecule has 0 bridgehead atoms. The fraction of sp³-hybridized carbons (Fsp3) is 1.00. The van der Waals surface area contributed by atoms with Gasteiger partial charge in [-0.25, -0.2) is 0 Å². The van der Waals surface area contributed by atoms with Gasteiger partial charge in [-0.2, -0.15) is 0 Å². The maximum Gasteiger partial charge on any atom is 0.0506 e. The molecule has 13 heavy (non-hydrogen) atoms. The van der Waals surface area contributed by atoms with Crippen LogP contribution in [0, 0.1) is 5.92 Å². The summed E-state index contributed by atoms with van der Waals surface area (Å²) in [6.07, 6.45) is 4.49. The van der Waals surface area contributed by atoms with Crippen molar-refractivity contribution in [2.75, 3.05) is 26.3 Å². The summed E-state index contributed by atoms with van der Waals surface area (Å²) in [7, 11) is 0. The van der Waals surface area contributed by atoms with Crippen molar-refractivity contribution >= 4 is 0 Å².